The summed E-state index contributed by atoms with van der Waals surface area (Å²) in [6.45, 7) is 1.36. The normalized spacial score (nSPS) is 16.6. The lowest BCUT2D eigenvalue weighted by atomic mass is 9.87. The minimum atomic E-state index is -0.957. The molecule has 1 fully saturated rings. The van der Waals surface area contributed by atoms with E-state index in [0.717, 1.165) is 38.7 Å². The van der Waals surface area contributed by atoms with Gasteiger partial charge in [-0.25, -0.2) is 9.97 Å². The number of methoxy groups -OCH3 is 1. The largest absolute Gasteiger partial charge is 0.366 e. The molecule has 0 bridgehead atoms. The molecule has 3 rings (SSSR count). The van der Waals surface area contributed by atoms with E-state index in [1.165, 1.54) is 0 Å². The Morgan fingerprint density at radius 3 is 2.23 bits per heavy atom. The first-order valence-corrected chi connectivity index (χ1v) is 10.3. The van der Waals surface area contributed by atoms with E-state index in [4.69, 9.17) is 14.2 Å². The van der Waals surface area contributed by atoms with Gasteiger partial charge in [0.15, 0.2) is 11.9 Å². The molecular weight excluding hydrogens is 380 g/mol. The van der Waals surface area contributed by atoms with Crippen LogP contribution in [0.2, 0.25) is 0 Å². The molecule has 2 aromatic heterocycles. The molecule has 0 amide bonds. The Bertz CT molecular complexity index is 856. The molecule has 1 unspecified atom stereocenters. The van der Waals surface area contributed by atoms with Gasteiger partial charge in [0.25, 0.3) is 0 Å². The average Bonchev–Trinajstić information content (AvgIpc) is 2.82. The quantitative estimate of drug-likeness (QED) is 0.583. The highest BCUT2D eigenvalue weighted by Crippen LogP contribution is 2.36. The molecule has 7 nitrogen and oxygen atoms in total. The summed E-state index contributed by atoms with van der Waals surface area (Å²) in [5, 5.41) is 18.6. The number of pyridine rings is 2. The summed E-state index contributed by atoms with van der Waals surface area (Å²) < 4.78 is 17.4. The molecule has 0 N–H and O–H groups in total. The summed E-state index contributed by atoms with van der Waals surface area (Å²) in [6.07, 6.45) is 5.27. The molecule has 1 saturated heterocycles. The second kappa shape index (κ2) is 10.8. The highest BCUT2D eigenvalue weighted by atomic mass is 16.7. The monoisotopic (exact) mass is 406 g/mol. The maximum Gasteiger partial charge on any atom is 0.157 e. The van der Waals surface area contributed by atoms with Crippen molar-refractivity contribution in [3.8, 4) is 12.1 Å². The van der Waals surface area contributed by atoms with Crippen LogP contribution in [-0.4, -0.2) is 36.6 Å². The van der Waals surface area contributed by atoms with Crippen LogP contribution in [0.25, 0.3) is 0 Å². The minimum absolute atomic E-state index is 0.103. The van der Waals surface area contributed by atoms with Gasteiger partial charge in [-0.2, -0.15) is 10.5 Å². The Morgan fingerprint density at radius 2 is 1.70 bits per heavy atom. The van der Waals surface area contributed by atoms with Crippen molar-refractivity contribution in [3.63, 3.8) is 0 Å². The molecule has 1 aliphatic heterocycles. The smallest absolute Gasteiger partial charge is 0.157 e. The lowest BCUT2D eigenvalue weighted by molar-refractivity contribution is -0.163. The maximum absolute atomic E-state index is 9.28. The van der Waals surface area contributed by atoms with Crippen molar-refractivity contribution in [2.75, 3.05) is 20.3 Å². The van der Waals surface area contributed by atoms with E-state index in [0.29, 0.717) is 35.8 Å². The molecule has 0 spiro atoms. The van der Waals surface area contributed by atoms with Crippen molar-refractivity contribution >= 4 is 0 Å². The van der Waals surface area contributed by atoms with Gasteiger partial charge in [0.1, 0.15) is 23.5 Å². The Balaban J connectivity index is 1.78. The van der Waals surface area contributed by atoms with Gasteiger partial charge in [-0.3, -0.25) is 0 Å². The SMILES string of the molecule is COC(CCCCOC1CCCCO1)(c1cccc(C#N)n1)c1cccc(C#N)n1. The van der Waals surface area contributed by atoms with Crippen LogP contribution in [0.3, 0.4) is 0 Å². The molecule has 0 radical (unpaired) electrons. The number of ether oxygens (including phenoxy) is 3. The lowest BCUT2D eigenvalue weighted by Gasteiger charge is -2.32. The third kappa shape index (κ3) is 5.20. The molecule has 30 heavy (non-hydrogen) atoms. The number of unbranched alkanes of at least 4 members (excludes halogenated alkanes) is 1. The van der Waals surface area contributed by atoms with Crippen molar-refractivity contribution in [3.05, 3.63) is 59.2 Å². The fraction of sp³-hybridized carbons (Fsp3) is 0.478. The van der Waals surface area contributed by atoms with Crippen LogP contribution in [0.1, 0.15) is 61.3 Å². The van der Waals surface area contributed by atoms with Crippen molar-refractivity contribution in [1.29, 1.82) is 10.5 Å². The molecule has 7 heteroatoms. The number of rotatable bonds is 9. The first-order valence-electron chi connectivity index (χ1n) is 10.3. The van der Waals surface area contributed by atoms with Gasteiger partial charge in [-0.1, -0.05) is 12.1 Å². The number of nitriles is 2. The van der Waals surface area contributed by atoms with E-state index in [2.05, 4.69) is 22.1 Å². The van der Waals surface area contributed by atoms with Crippen LogP contribution in [0.15, 0.2) is 36.4 Å². The van der Waals surface area contributed by atoms with Gasteiger partial charge in [0, 0.05) is 20.3 Å². The molecule has 1 aliphatic rings. The zero-order valence-corrected chi connectivity index (χ0v) is 17.2. The average molecular weight is 406 g/mol. The molecule has 156 valence electrons. The number of hydrogen-bond donors (Lipinski definition) is 0. The second-order valence-electron chi connectivity index (χ2n) is 7.19. The van der Waals surface area contributed by atoms with E-state index in [1.807, 2.05) is 12.1 Å². The summed E-state index contributed by atoms with van der Waals surface area (Å²) in [7, 11) is 1.60. The fourth-order valence-corrected chi connectivity index (χ4v) is 3.68. The zero-order valence-electron chi connectivity index (χ0n) is 17.2. The standard InChI is InChI=1S/C23H26N4O3/c1-28-23(20-10-6-8-18(16-24)26-20,21-11-7-9-19(17-25)27-21)13-3-5-15-30-22-12-2-4-14-29-22/h6-11,22H,2-5,12-15H2,1H3. The van der Waals surface area contributed by atoms with Crippen LogP contribution < -0.4 is 0 Å². The molecule has 0 aliphatic carbocycles. The van der Waals surface area contributed by atoms with E-state index in [-0.39, 0.29) is 6.29 Å². The topological polar surface area (TPSA) is 101 Å². The summed E-state index contributed by atoms with van der Waals surface area (Å²) in [6, 6.07) is 14.7. The van der Waals surface area contributed by atoms with Crippen LogP contribution in [0, 0.1) is 22.7 Å². The van der Waals surface area contributed by atoms with Gasteiger partial charge in [-0.15, -0.1) is 0 Å². The Morgan fingerprint density at radius 1 is 1.03 bits per heavy atom. The van der Waals surface area contributed by atoms with Crippen molar-refractivity contribution in [1.82, 2.24) is 9.97 Å². The molecular formula is C23H26N4O3. The fourth-order valence-electron chi connectivity index (χ4n) is 3.68. The molecule has 1 atom stereocenters. The highest BCUT2D eigenvalue weighted by molar-refractivity contribution is 5.34. The van der Waals surface area contributed by atoms with Gasteiger partial charge in [0.05, 0.1) is 11.4 Å². The van der Waals surface area contributed by atoms with Gasteiger partial charge in [-0.05, 0) is 62.8 Å². The van der Waals surface area contributed by atoms with E-state index < -0.39 is 5.60 Å². The first kappa shape index (κ1) is 21.9. The van der Waals surface area contributed by atoms with Crippen LogP contribution in [0.4, 0.5) is 0 Å². The van der Waals surface area contributed by atoms with Gasteiger partial charge >= 0.3 is 0 Å². The number of hydrogen-bond acceptors (Lipinski definition) is 7. The summed E-state index contributed by atoms with van der Waals surface area (Å²) >= 11 is 0. The molecule has 2 aromatic rings. The summed E-state index contributed by atoms with van der Waals surface area (Å²) in [5.74, 6) is 0. The predicted octanol–water partition coefficient (Wildman–Crippen LogP) is 3.82. The molecule has 3 heterocycles. The Hall–Kier alpha value is -2.84. The number of aromatic nitrogens is 2. The summed E-state index contributed by atoms with van der Waals surface area (Å²) in [5.41, 5.74) is 0.860. The van der Waals surface area contributed by atoms with Gasteiger partial charge < -0.3 is 14.2 Å². The maximum atomic E-state index is 9.28. The van der Waals surface area contributed by atoms with Crippen LogP contribution in [-0.2, 0) is 19.8 Å². The third-order valence-corrected chi connectivity index (χ3v) is 5.27. The van der Waals surface area contributed by atoms with Gasteiger partial charge in [0.2, 0.25) is 0 Å². The van der Waals surface area contributed by atoms with Crippen molar-refractivity contribution in [2.45, 2.75) is 50.4 Å². The third-order valence-electron chi connectivity index (χ3n) is 5.27. The van der Waals surface area contributed by atoms with E-state index in [9.17, 15) is 10.5 Å². The first-order chi connectivity index (χ1) is 14.7. The minimum Gasteiger partial charge on any atom is -0.366 e. The summed E-state index contributed by atoms with van der Waals surface area (Å²) in [4.78, 5) is 8.96. The Kier molecular flexibility index (Phi) is 7.87. The Labute approximate surface area is 177 Å². The highest BCUT2D eigenvalue weighted by Gasteiger charge is 2.37. The second-order valence-corrected chi connectivity index (χ2v) is 7.19. The van der Waals surface area contributed by atoms with Crippen LogP contribution >= 0.6 is 0 Å². The lowest BCUT2D eigenvalue weighted by Crippen LogP contribution is -2.33. The van der Waals surface area contributed by atoms with E-state index >= 15 is 0 Å². The van der Waals surface area contributed by atoms with Crippen molar-refractivity contribution < 1.29 is 14.2 Å². The van der Waals surface area contributed by atoms with E-state index in [1.54, 1.807) is 31.4 Å². The van der Waals surface area contributed by atoms with Crippen molar-refractivity contribution in [2.24, 2.45) is 0 Å². The molecule has 0 aromatic carbocycles. The molecule has 0 saturated carbocycles. The van der Waals surface area contributed by atoms with Crippen LogP contribution in [0.5, 0.6) is 0 Å². The zero-order chi connectivity index (χ0) is 21.2. The predicted molar refractivity (Wildman–Crippen MR) is 109 cm³/mol. The number of nitrogens with zero attached hydrogens (tertiary/aromatic N) is 4.